The van der Waals surface area contributed by atoms with E-state index in [1.54, 1.807) is 17.7 Å². The van der Waals surface area contributed by atoms with Crippen molar-refractivity contribution in [3.63, 3.8) is 0 Å². The van der Waals surface area contributed by atoms with Crippen LogP contribution >= 0.6 is 22.7 Å². The summed E-state index contributed by atoms with van der Waals surface area (Å²) in [7, 11) is 0. The Kier molecular flexibility index (Phi) is 3.42. The second kappa shape index (κ2) is 6.38. The average molecular weight is 458 g/mol. The number of hydrogen-bond donors (Lipinski definition) is 0. The maximum Gasteiger partial charge on any atom is 0.159 e. The summed E-state index contributed by atoms with van der Waals surface area (Å²) >= 11 is 3.65. The molecule has 0 aliphatic rings. The van der Waals surface area contributed by atoms with Crippen molar-refractivity contribution in [1.29, 1.82) is 0 Å². The van der Waals surface area contributed by atoms with Gasteiger partial charge in [-0.2, -0.15) is 0 Å². The van der Waals surface area contributed by atoms with Gasteiger partial charge in [0.2, 0.25) is 0 Å². The predicted molar refractivity (Wildman–Crippen MR) is 142 cm³/mol. The predicted octanol–water partition coefficient (Wildman–Crippen LogP) is 8.31. The van der Waals surface area contributed by atoms with E-state index >= 15 is 0 Å². The third-order valence-corrected chi connectivity index (χ3v) is 8.88. The molecule has 3 nitrogen and oxygen atoms in total. The van der Waals surface area contributed by atoms with Crippen LogP contribution in [0.1, 0.15) is 0 Å². The molecule has 4 heterocycles. The van der Waals surface area contributed by atoms with Crippen LogP contribution in [0.4, 0.5) is 0 Å². The highest BCUT2D eigenvalue weighted by molar-refractivity contribution is 7.30. The van der Waals surface area contributed by atoms with Gasteiger partial charge in [0.05, 0.1) is 21.3 Å². The molecule has 0 aliphatic carbocycles. The van der Waals surface area contributed by atoms with Crippen LogP contribution in [0.5, 0.6) is 0 Å². The van der Waals surface area contributed by atoms with Crippen molar-refractivity contribution < 1.29 is 0 Å². The molecule has 0 saturated heterocycles. The van der Waals surface area contributed by atoms with Crippen molar-refractivity contribution in [2.45, 2.75) is 0 Å². The number of thiophene rings is 2. The Balaban J connectivity index is 1.55. The van der Waals surface area contributed by atoms with Crippen molar-refractivity contribution in [3.05, 3.63) is 91.3 Å². The van der Waals surface area contributed by atoms with Gasteiger partial charge in [-0.05, 0) is 24.3 Å². The third-order valence-electron chi connectivity index (χ3n) is 6.53. The van der Waals surface area contributed by atoms with E-state index in [9.17, 15) is 0 Å². The van der Waals surface area contributed by atoms with Crippen LogP contribution in [0, 0.1) is 0 Å². The highest BCUT2D eigenvalue weighted by Gasteiger charge is 2.20. The molecular formula is C28H15N3S2. The molecule has 0 N–H and O–H groups in total. The fourth-order valence-electron chi connectivity index (χ4n) is 5.14. The van der Waals surface area contributed by atoms with E-state index < -0.39 is 0 Å². The van der Waals surface area contributed by atoms with Crippen LogP contribution in [-0.2, 0) is 0 Å². The average Bonchev–Trinajstić information content (AvgIpc) is 3.53. The highest BCUT2D eigenvalue weighted by atomic mass is 32.1. The van der Waals surface area contributed by atoms with E-state index in [1.807, 2.05) is 11.3 Å². The molecule has 0 spiro atoms. The topological polar surface area (TPSA) is 30.7 Å². The quantitative estimate of drug-likeness (QED) is 0.248. The van der Waals surface area contributed by atoms with Gasteiger partial charge < -0.3 is 0 Å². The second-order valence-corrected chi connectivity index (χ2v) is 10.4. The number of aromatic nitrogens is 3. The van der Waals surface area contributed by atoms with E-state index in [2.05, 4.69) is 89.5 Å². The van der Waals surface area contributed by atoms with Crippen LogP contribution in [0.25, 0.3) is 68.1 Å². The molecule has 4 aromatic heterocycles. The minimum Gasteiger partial charge on any atom is -0.292 e. The highest BCUT2D eigenvalue weighted by Crippen LogP contribution is 2.45. The standard InChI is InChI=1S/C28H15N3S2/c1-4-10-20-16(7-1)17-8-2-5-11-21(17)31(20)28-27-25(29-15-30-28)24-23(33-27)14-13-19-18-9-3-6-12-22(18)32-26(19)24/h1-15H. The SMILES string of the molecule is c1ccc2c(c1)sc1c2ccc2sc3c(-n4c5ccccc5c5ccccc54)ncnc3c21. The molecule has 0 fully saturated rings. The molecule has 8 aromatic rings. The van der Waals surface area contributed by atoms with Crippen molar-refractivity contribution in [2.24, 2.45) is 0 Å². The zero-order chi connectivity index (χ0) is 21.5. The fraction of sp³-hybridized carbons (Fsp3) is 0. The summed E-state index contributed by atoms with van der Waals surface area (Å²) in [6.45, 7) is 0. The molecule has 0 amide bonds. The van der Waals surface area contributed by atoms with Crippen molar-refractivity contribution in [3.8, 4) is 5.82 Å². The number of benzene rings is 4. The first kappa shape index (κ1) is 17.7. The van der Waals surface area contributed by atoms with E-state index in [1.165, 1.54) is 52.1 Å². The largest absolute Gasteiger partial charge is 0.292 e. The summed E-state index contributed by atoms with van der Waals surface area (Å²) in [5.41, 5.74) is 3.38. The molecule has 4 aromatic carbocycles. The lowest BCUT2D eigenvalue weighted by molar-refractivity contribution is 1.08. The smallest absolute Gasteiger partial charge is 0.159 e. The number of fused-ring (bicyclic) bond motifs is 10. The Morgan fingerprint density at radius 3 is 2.00 bits per heavy atom. The van der Waals surface area contributed by atoms with Gasteiger partial charge in [-0.1, -0.05) is 60.7 Å². The Labute approximate surface area is 196 Å². The minimum absolute atomic E-state index is 0.952. The third kappa shape index (κ3) is 2.28. The minimum atomic E-state index is 0.952. The van der Waals surface area contributed by atoms with Crippen LogP contribution in [-0.4, -0.2) is 14.5 Å². The fourth-order valence-corrected chi connectivity index (χ4v) is 7.60. The van der Waals surface area contributed by atoms with Gasteiger partial charge in [0.15, 0.2) is 5.82 Å². The Morgan fingerprint density at radius 2 is 1.21 bits per heavy atom. The maximum atomic E-state index is 4.83. The number of para-hydroxylation sites is 2. The monoisotopic (exact) mass is 457 g/mol. The summed E-state index contributed by atoms with van der Waals surface area (Å²) in [4.78, 5) is 9.65. The molecule has 0 aliphatic heterocycles. The van der Waals surface area contributed by atoms with Gasteiger partial charge in [0, 0.05) is 41.0 Å². The summed E-state index contributed by atoms with van der Waals surface area (Å²) in [6.07, 6.45) is 1.72. The van der Waals surface area contributed by atoms with Gasteiger partial charge in [-0.3, -0.25) is 4.57 Å². The zero-order valence-electron chi connectivity index (χ0n) is 17.3. The van der Waals surface area contributed by atoms with Gasteiger partial charge in [-0.15, -0.1) is 22.7 Å². The van der Waals surface area contributed by atoms with E-state index in [-0.39, 0.29) is 0 Å². The maximum absolute atomic E-state index is 4.83. The van der Waals surface area contributed by atoms with Gasteiger partial charge in [-0.25, -0.2) is 9.97 Å². The van der Waals surface area contributed by atoms with Crippen molar-refractivity contribution in [2.75, 3.05) is 0 Å². The molecule has 0 bridgehead atoms. The van der Waals surface area contributed by atoms with E-state index in [0.29, 0.717) is 0 Å². The van der Waals surface area contributed by atoms with Crippen LogP contribution in [0.15, 0.2) is 91.3 Å². The molecule has 33 heavy (non-hydrogen) atoms. The summed E-state index contributed by atoms with van der Waals surface area (Å²) in [6, 6.07) is 30.3. The van der Waals surface area contributed by atoms with E-state index in [4.69, 9.17) is 9.97 Å². The Morgan fingerprint density at radius 1 is 0.545 bits per heavy atom. The normalized spacial score (nSPS) is 12.2. The molecular weight excluding hydrogens is 442 g/mol. The first-order chi connectivity index (χ1) is 16.4. The first-order valence-electron chi connectivity index (χ1n) is 10.8. The molecule has 5 heteroatoms. The Bertz CT molecular complexity index is 1990. The van der Waals surface area contributed by atoms with Crippen LogP contribution in [0.3, 0.4) is 0 Å². The van der Waals surface area contributed by atoms with Crippen LogP contribution in [0.2, 0.25) is 0 Å². The molecule has 8 rings (SSSR count). The summed E-state index contributed by atoms with van der Waals surface area (Å²) < 4.78 is 7.31. The number of hydrogen-bond acceptors (Lipinski definition) is 4. The van der Waals surface area contributed by atoms with E-state index in [0.717, 1.165) is 16.0 Å². The lowest BCUT2D eigenvalue weighted by Crippen LogP contribution is -1.98. The van der Waals surface area contributed by atoms with Gasteiger partial charge in [0.25, 0.3) is 0 Å². The number of rotatable bonds is 1. The molecule has 0 unspecified atom stereocenters. The second-order valence-electron chi connectivity index (χ2n) is 8.26. The summed E-state index contributed by atoms with van der Waals surface area (Å²) in [5.74, 6) is 0.952. The van der Waals surface area contributed by atoms with Crippen molar-refractivity contribution >= 4 is 85.0 Å². The van der Waals surface area contributed by atoms with Crippen molar-refractivity contribution in [1.82, 2.24) is 14.5 Å². The molecule has 0 atom stereocenters. The zero-order valence-corrected chi connectivity index (χ0v) is 19.0. The molecule has 0 radical (unpaired) electrons. The van der Waals surface area contributed by atoms with Gasteiger partial charge >= 0.3 is 0 Å². The first-order valence-corrected chi connectivity index (χ1v) is 12.5. The molecule has 0 saturated carbocycles. The lowest BCUT2D eigenvalue weighted by atomic mass is 10.1. The Hall–Kier alpha value is -3.80. The number of nitrogens with zero attached hydrogens (tertiary/aromatic N) is 3. The lowest BCUT2D eigenvalue weighted by Gasteiger charge is -2.07. The van der Waals surface area contributed by atoms with Gasteiger partial charge in [0.1, 0.15) is 6.33 Å². The summed E-state index contributed by atoms with van der Waals surface area (Å²) in [5, 5.41) is 6.36. The van der Waals surface area contributed by atoms with Crippen LogP contribution < -0.4 is 0 Å². The molecule has 154 valence electrons.